The van der Waals surface area contributed by atoms with Crippen LogP contribution in [0.3, 0.4) is 0 Å². The van der Waals surface area contributed by atoms with Crippen LogP contribution in [-0.4, -0.2) is 18.4 Å². The van der Waals surface area contributed by atoms with Gasteiger partial charge in [0.25, 0.3) is 0 Å². The highest BCUT2D eigenvalue weighted by atomic mass is 16.2. The highest BCUT2D eigenvalue weighted by Gasteiger charge is 2.13. The quantitative estimate of drug-likeness (QED) is 0.790. The molecule has 0 spiro atoms. The van der Waals surface area contributed by atoms with E-state index in [0.29, 0.717) is 18.9 Å². The number of anilines is 1. The maximum Gasteiger partial charge on any atom is 0.221 e. The van der Waals surface area contributed by atoms with Gasteiger partial charge in [-0.2, -0.15) is 0 Å². The van der Waals surface area contributed by atoms with Crippen LogP contribution in [-0.2, 0) is 16.0 Å². The molecule has 1 atom stereocenters. The zero-order chi connectivity index (χ0) is 15.1. The molecule has 1 aliphatic rings. The van der Waals surface area contributed by atoms with Crippen LogP contribution in [0, 0.1) is 5.92 Å². The van der Waals surface area contributed by atoms with Crippen LogP contribution < -0.4 is 10.6 Å². The van der Waals surface area contributed by atoms with Crippen LogP contribution in [0.15, 0.2) is 36.4 Å². The standard InChI is InChI=1S/C17H22N2O2/c1-13(20)19-16-8-6-14(7-9-16)10-11-18-17(21)12-15-4-2-3-5-15/h2,4,6-9,15H,3,5,10-12H2,1H3,(H,18,21)(H,19,20)/t15-/m1/s1. The SMILES string of the molecule is CC(=O)Nc1ccc(CCNC(=O)C[C@@H]2C=CCC2)cc1. The molecule has 4 heteroatoms. The number of rotatable bonds is 6. The van der Waals surface area contributed by atoms with Gasteiger partial charge >= 0.3 is 0 Å². The van der Waals surface area contributed by atoms with Crippen LogP contribution in [0.5, 0.6) is 0 Å². The van der Waals surface area contributed by atoms with Gasteiger partial charge in [-0.15, -0.1) is 0 Å². The molecule has 1 aromatic carbocycles. The highest BCUT2D eigenvalue weighted by molar-refractivity contribution is 5.88. The van der Waals surface area contributed by atoms with Crippen molar-refractivity contribution in [2.75, 3.05) is 11.9 Å². The Morgan fingerprint density at radius 1 is 1.24 bits per heavy atom. The summed E-state index contributed by atoms with van der Waals surface area (Å²) < 4.78 is 0. The van der Waals surface area contributed by atoms with E-state index in [0.717, 1.165) is 30.5 Å². The van der Waals surface area contributed by atoms with E-state index in [1.165, 1.54) is 6.92 Å². The van der Waals surface area contributed by atoms with Crippen molar-refractivity contribution in [2.45, 2.75) is 32.6 Å². The Morgan fingerprint density at radius 3 is 2.62 bits per heavy atom. The summed E-state index contributed by atoms with van der Waals surface area (Å²) in [5.41, 5.74) is 1.94. The van der Waals surface area contributed by atoms with Crippen molar-refractivity contribution in [3.63, 3.8) is 0 Å². The molecule has 0 aromatic heterocycles. The molecule has 0 fully saturated rings. The van der Waals surface area contributed by atoms with Gasteiger partial charge in [-0.25, -0.2) is 0 Å². The average molecular weight is 286 g/mol. The predicted molar refractivity (Wildman–Crippen MR) is 83.9 cm³/mol. The van der Waals surface area contributed by atoms with Crippen molar-refractivity contribution in [1.82, 2.24) is 5.32 Å². The molecule has 2 rings (SSSR count). The maximum atomic E-state index is 11.8. The molecule has 2 amide bonds. The summed E-state index contributed by atoms with van der Waals surface area (Å²) in [7, 11) is 0. The summed E-state index contributed by atoms with van der Waals surface area (Å²) in [4.78, 5) is 22.7. The van der Waals surface area contributed by atoms with Crippen molar-refractivity contribution in [1.29, 1.82) is 0 Å². The minimum absolute atomic E-state index is 0.0732. The van der Waals surface area contributed by atoms with E-state index in [4.69, 9.17) is 0 Å². The molecular formula is C17H22N2O2. The van der Waals surface area contributed by atoms with Gasteiger partial charge < -0.3 is 10.6 Å². The fourth-order valence-corrected chi connectivity index (χ4v) is 2.48. The molecular weight excluding hydrogens is 264 g/mol. The fourth-order valence-electron chi connectivity index (χ4n) is 2.48. The minimum atomic E-state index is -0.0732. The molecule has 0 radical (unpaired) electrons. The monoisotopic (exact) mass is 286 g/mol. The zero-order valence-electron chi connectivity index (χ0n) is 12.4. The molecule has 4 nitrogen and oxygen atoms in total. The van der Waals surface area contributed by atoms with Crippen molar-refractivity contribution in [3.8, 4) is 0 Å². The van der Waals surface area contributed by atoms with Gasteiger partial charge in [-0.1, -0.05) is 24.3 Å². The molecule has 21 heavy (non-hydrogen) atoms. The van der Waals surface area contributed by atoms with Crippen molar-refractivity contribution in [3.05, 3.63) is 42.0 Å². The normalized spacial score (nSPS) is 16.7. The third-order valence-corrected chi connectivity index (χ3v) is 3.57. The lowest BCUT2D eigenvalue weighted by atomic mass is 10.0. The molecule has 0 heterocycles. The fraction of sp³-hybridized carbons (Fsp3) is 0.412. The molecule has 2 N–H and O–H groups in total. The molecule has 0 saturated carbocycles. The lowest BCUT2D eigenvalue weighted by Gasteiger charge is -2.09. The maximum absolute atomic E-state index is 11.8. The molecule has 0 unspecified atom stereocenters. The van der Waals surface area contributed by atoms with E-state index in [2.05, 4.69) is 22.8 Å². The van der Waals surface area contributed by atoms with Crippen LogP contribution in [0.4, 0.5) is 5.69 Å². The van der Waals surface area contributed by atoms with Gasteiger partial charge in [-0.05, 0) is 42.9 Å². The number of carbonyl (C=O) groups is 2. The van der Waals surface area contributed by atoms with Crippen molar-refractivity contribution < 1.29 is 9.59 Å². The van der Waals surface area contributed by atoms with Gasteiger partial charge in [0.15, 0.2) is 0 Å². The van der Waals surface area contributed by atoms with Crippen LogP contribution >= 0.6 is 0 Å². The number of hydrogen-bond acceptors (Lipinski definition) is 2. The Bertz CT molecular complexity index is 520. The van der Waals surface area contributed by atoms with E-state index >= 15 is 0 Å². The molecule has 112 valence electrons. The van der Waals surface area contributed by atoms with Crippen LogP contribution in [0.2, 0.25) is 0 Å². The minimum Gasteiger partial charge on any atom is -0.356 e. The van der Waals surface area contributed by atoms with Gasteiger partial charge in [0.1, 0.15) is 0 Å². The van der Waals surface area contributed by atoms with E-state index < -0.39 is 0 Å². The molecule has 1 aromatic rings. The summed E-state index contributed by atoms with van der Waals surface area (Å²) in [5, 5.41) is 5.69. The predicted octanol–water partition coefficient (Wildman–Crippen LogP) is 2.66. The Balaban J connectivity index is 1.69. The second-order valence-corrected chi connectivity index (χ2v) is 5.45. The second-order valence-electron chi connectivity index (χ2n) is 5.45. The summed E-state index contributed by atoms with van der Waals surface area (Å²) >= 11 is 0. The first-order valence-corrected chi connectivity index (χ1v) is 7.43. The largest absolute Gasteiger partial charge is 0.356 e. The van der Waals surface area contributed by atoms with Crippen molar-refractivity contribution >= 4 is 17.5 Å². The average Bonchev–Trinajstić information content (AvgIpc) is 2.93. The van der Waals surface area contributed by atoms with E-state index in [9.17, 15) is 9.59 Å². The number of allylic oxidation sites excluding steroid dienone is 2. The van der Waals surface area contributed by atoms with Crippen molar-refractivity contribution in [2.24, 2.45) is 5.92 Å². The van der Waals surface area contributed by atoms with E-state index in [-0.39, 0.29) is 11.8 Å². The lowest BCUT2D eigenvalue weighted by Crippen LogP contribution is -2.27. The topological polar surface area (TPSA) is 58.2 Å². The highest BCUT2D eigenvalue weighted by Crippen LogP contribution is 2.19. The van der Waals surface area contributed by atoms with Gasteiger partial charge in [0, 0.05) is 25.6 Å². The number of benzene rings is 1. The van der Waals surface area contributed by atoms with Gasteiger partial charge in [0.05, 0.1) is 0 Å². The smallest absolute Gasteiger partial charge is 0.221 e. The number of nitrogens with one attached hydrogen (secondary N) is 2. The molecule has 0 saturated heterocycles. The number of hydrogen-bond donors (Lipinski definition) is 2. The first-order valence-electron chi connectivity index (χ1n) is 7.43. The molecule has 1 aliphatic carbocycles. The van der Waals surface area contributed by atoms with E-state index in [1.54, 1.807) is 0 Å². The van der Waals surface area contributed by atoms with Crippen LogP contribution in [0.1, 0.15) is 31.7 Å². The summed E-state index contributed by atoms with van der Waals surface area (Å²) in [5.74, 6) is 0.472. The Hall–Kier alpha value is -2.10. The lowest BCUT2D eigenvalue weighted by molar-refractivity contribution is -0.121. The van der Waals surface area contributed by atoms with Gasteiger partial charge in [0.2, 0.25) is 11.8 Å². The summed E-state index contributed by atoms with van der Waals surface area (Å²) in [6.45, 7) is 2.14. The Kier molecular flexibility index (Phi) is 5.55. The zero-order valence-corrected chi connectivity index (χ0v) is 12.4. The second kappa shape index (κ2) is 7.62. The first-order chi connectivity index (χ1) is 10.1. The van der Waals surface area contributed by atoms with Crippen LogP contribution in [0.25, 0.3) is 0 Å². The van der Waals surface area contributed by atoms with E-state index in [1.807, 2.05) is 24.3 Å². The number of amides is 2. The molecule has 0 bridgehead atoms. The Morgan fingerprint density at radius 2 is 2.00 bits per heavy atom. The summed E-state index contributed by atoms with van der Waals surface area (Å²) in [6, 6.07) is 7.69. The first kappa shape index (κ1) is 15.3. The third-order valence-electron chi connectivity index (χ3n) is 3.57. The molecule has 0 aliphatic heterocycles. The Labute approximate surface area is 125 Å². The number of carbonyl (C=O) groups excluding carboxylic acids is 2. The van der Waals surface area contributed by atoms with Gasteiger partial charge in [-0.3, -0.25) is 9.59 Å². The third kappa shape index (κ3) is 5.42. The summed E-state index contributed by atoms with van der Waals surface area (Å²) in [6.07, 6.45) is 7.87.